The van der Waals surface area contributed by atoms with Crippen LogP contribution in [0.3, 0.4) is 0 Å². The molecule has 2 aromatic carbocycles. The first-order valence-electron chi connectivity index (χ1n) is 11.1. The van der Waals surface area contributed by atoms with Crippen molar-refractivity contribution in [3.63, 3.8) is 0 Å². The summed E-state index contributed by atoms with van der Waals surface area (Å²) in [5.41, 5.74) is 2.59. The summed E-state index contributed by atoms with van der Waals surface area (Å²) in [4.78, 5) is 12.7. The highest BCUT2D eigenvalue weighted by Crippen LogP contribution is 2.42. The predicted octanol–water partition coefficient (Wildman–Crippen LogP) is 7.26. The molecule has 0 aromatic heterocycles. The molecule has 1 atom stereocenters. The summed E-state index contributed by atoms with van der Waals surface area (Å²) in [5, 5.41) is 11.0. The van der Waals surface area contributed by atoms with Crippen molar-refractivity contribution < 1.29 is 14.6 Å². The maximum absolute atomic E-state index is 12.7. The second-order valence-electron chi connectivity index (χ2n) is 10.3. The molecule has 0 amide bonds. The molecule has 0 bridgehead atoms. The number of unbranched alkanes of at least 4 members (excludes halogenated alkanes) is 1. The average Bonchev–Trinajstić information content (AvgIpc) is 2.64. The molecule has 164 valence electrons. The number of phenolic OH excluding ortho intramolecular Hbond substituents is 1. The van der Waals surface area contributed by atoms with Crippen LogP contribution in [0.2, 0.25) is 0 Å². The van der Waals surface area contributed by atoms with E-state index in [9.17, 15) is 9.90 Å². The number of aromatic hydroxyl groups is 1. The second-order valence-corrected chi connectivity index (χ2v) is 10.3. The summed E-state index contributed by atoms with van der Waals surface area (Å²) < 4.78 is 5.58. The third-order valence-electron chi connectivity index (χ3n) is 5.51. The molecule has 30 heavy (non-hydrogen) atoms. The Balaban J connectivity index is 2.43. The lowest BCUT2D eigenvalue weighted by atomic mass is 9.76. The van der Waals surface area contributed by atoms with Gasteiger partial charge >= 0.3 is 5.97 Å². The van der Waals surface area contributed by atoms with Crippen LogP contribution < -0.4 is 4.74 Å². The smallest absolute Gasteiger partial charge is 0.311 e. The number of carbonyl (C=O) groups is 1. The monoisotopic (exact) mass is 410 g/mol. The summed E-state index contributed by atoms with van der Waals surface area (Å²) in [6, 6.07) is 13.4. The zero-order chi connectivity index (χ0) is 22.5. The van der Waals surface area contributed by atoms with E-state index in [-0.39, 0.29) is 22.7 Å². The summed E-state index contributed by atoms with van der Waals surface area (Å²) in [6.45, 7) is 14.8. The molecule has 0 aliphatic carbocycles. The number of ether oxygens (including phenoxy) is 1. The fourth-order valence-corrected chi connectivity index (χ4v) is 3.74. The van der Waals surface area contributed by atoms with Crippen molar-refractivity contribution in [3.05, 3.63) is 59.2 Å². The highest BCUT2D eigenvalue weighted by atomic mass is 16.5. The maximum Gasteiger partial charge on any atom is 0.311 e. The van der Waals surface area contributed by atoms with Crippen LogP contribution in [0.4, 0.5) is 0 Å². The van der Waals surface area contributed by atoms with Gasteiger partial charge in [-0.3, -0.25) is 4.79 Å². The van der Waals surface area contributed by atoms with Crippen LogP contribution in [-0.2, 0) is 15.6 Å². The van der Waals surface area contributed by atoms with E-state index >= 15 is 0 Å². The largest absolute Gasteiger partial charge is 0.507 e. The first kappa shape index (κ1) is 24.0. The van der Waals surface area contributed by atoms with Crippen LogP contribution >= 0.6 is 0 Å². The zero-order valence-electron chi connectivity index (χ0n) is 19.7. The summed E-state index contributed by atoms with van der Waals surface area (Å²) in [7, 11) is 0. The molecule has 0 saturated carbocycles. The van der Waals surface area contributed by atoms with Crippen molar-refractivity contribution in [1.82, 2.24) is 0 Å². The average molecular weight is 411 g/mol. The van der Waals surface area contributed by atoms with Crippen LogP contribution in [0, 0.1) is 0 Å². The summed E-state index contributed by atoms with van der Waals surface area (Å²) in [5.74, 6) is 0.794. The number of para-hydroxylation sites is 1. The first-order valence-corrected chi connectivity index (χ1v) is 11.1. The van der Waals surface area contributed by atoms with Gasteiger partial charge in [0.1, 0.15) is 11.5 Å². The maximum atomic E-state index is 12.7. The molecule has 3 nitrogen and oxygen atoms in total. The number of esters is 1. The molecule has 2 aromatic rings. The van der Waals surface area contributed by atoms with Crippen LogP contribution in [0.1, 0.15) is 96.8 Å². The fourth-order valence-electron chi connectivity index (χ4n) is 3.74. The van der Waals surface area contributed by atoms with Crippen molar-refractivity contribution in [2.24, 2.45) is 0 Å². The molecule has 0 aliphatic rings. The van der Waals surface area contributed by atoms with Crippen molar-refractivity contribution in [1.29, 1.82) is 0 Å². The number of hydrogen-bond acceptors (Lipinski definition) is 3. The topological polar surface area (TPSA) is 46.5 Å². The lowest BCUT2D eigenvalue weighted by molar-refractivity contribution is -0.134. The van der Waals surface area contributed by atoms with Gasteiger partial charge in [0.05, 0.1) is 6.42 Å². The quantitative estimate of drug-likeness (QED) is 0.386. The number of hydrogen-bond donors (Lipinski definition) is 1. The van der Waals surface area contributed by atoms with Gasteiger partial charge in [-0.15, -0.1) is 0 Å². The minimum Gasteiger partial charge on any atom is -0.507 e. The van der Waals surface area contributed by atoms with Crippen molar-refractivity contribution >= 4 is 5.97 Å². The molecular formula is C27H38O3. The van der Waals surface area contributed by atoms with Crippen LogP contribution in [0.15, 0.2) is 42.5 Å². The van der Waals surface area contributed by atoms with E-state index in [1.807, 2.05) is 18.2 Å². The first-order chi connectivity index (χ1) is 13.9. The number of phenols is 1. The molecule has 1 N–H and O–H groups in total. The van der Waals surface area contributed by atoms with E-state index in [1.165, 1.54) is 0 Å². The molecule has 0 radical (unpaired) electrons. The summed E-state index contributed by atoms with van der Waals surface area (Å²) in [6.07, 6.45) is 3.35. The van der Waals surface area contributed by atoms with E-state index in [1.54, 1.807) is 12.1 Å². The standard InChI is InChI=1S/C27H38O3/c1-8-9-13-19(18-24(28)30-21-14-11-10-12-15-21)20-16-22(26(2,3)4)25(29)23(17-20)27(5,6)7/h10-12,14-17,19,29H,8-9,13,18H2,1-7H3. The van der Waals surface area contributed by atoms with Crippen LogP contribution in [-0.4, -0.2) is 11.1 Å². The Morgan fingerprint density at radius 1 is 0.967 bits per heavy atom. The number of benzene rings is 2. The summed E-state index contributed by atoms with van der Waals surface area (Å²) >= 11 is 0. The Morgan fingerprint density at radius 2 is 1.50 bits per heavy atom. The number of carbonyl (C=O) groups excluding carboxylic acids is 1. The highest BCUT2D eigenvalue weighted by Gasteiger charge is 2.29. The second kappa shape index (κ2) is 9.68. The fraction of sp³-hybridized carbons (Fsp3) is 0.519. The van der Waals surface area contributed by atoms with Gasteiger partial charge < -0.3 is 9.84 Å². The minimum absolute atomic E-state index is 0.0592. The van der Waals surface area contributed by atoms with Crippen molar-refractivity contribution in [2.45, 2.75) is 90.9 Å². The Hall–Kier alpha value is -2.29. The van der Waals surface area contributed by atoms with E-state index in [0.29, 0.717) is 17.9 Å². The third-order valence-corrected chi connectivity index (χ3v) is 5.51. The molecular weight excluding hydrogens is 372 g/mol. The number of rotatable bonds is 7. The third kappa shape index (κ3) is 6.35. The molecule has 3 heteroatoms. The molecule has 1 unspecified atom stereocenters. The van der Waals surface area contributed by atoms with Crippen LogP contribution in [0.5, 0.6) is 11.5 Å². The van der Waals surface area contributed by atoms with Gasteiger partial charge in [0.15, 0.2) is 0 Å². The van der Waals surface area contributed by atoms with Gasteiger partial charge in [0.25, 0.3) is 0 Å². The Labute approximate surface area is 182 Å². The van der Waals surface area contributed by atoms with Crippen molar-refractivity contribution in [2.75, 3.05) is 0 Å². The molecule has 0 heterocycles. The van der Waals surface area contributed by atoms with E-state index in [0.717, 1.165) is 36.0 Å². The lowest BCUT2D eigenvalue weighted by Crippen LogP contribution is -2.20. The molecule has 0 fully saturated rings. The predicted molar refractivity (Wildman–Crippen MR) is 124 cm³/mol. The van der Waals surface area contributed by atoms with E-state index in [4.69, 9.17) is 4.74 Å². The van der Waals surface area contributed by atoms with Gasteiger partial charge in [-0.05, 0) is 52.0 Å². The lowest BCUT2D eigenvalue weighted by Gasteiger charge is -2.30. The molecule has 0 aliphatic heterocycles. The Kier molecular flexibility index (Phi) is 7.74. The highest BCUT2D eigenvalue weighted by molar-refractivity contribution is 5.73. The van der Waals surface area contributed by atoms with Gasteiger partial charge in [0.2, 0.25) is 0 Å². The molecule has 0 saturated heterocycles. The van der Waals surface area contributed by atoms with Gasteiger partial charge in [-0.25, -0.2) is 0 Å². The van der Waals surface area contributed by atoms with E-state index < -0.39 is 0 Å². The zero-order valence-corrected chi connectivity index (χ0v) is 19.7. The van der Waals surface area contributed by atoms with Gasteiger partial charge in [-0.2, -0.15) is 0 Å². The van der Waals surface area contributed by atoms with Crippen molar-refractivity contribution in [3.8, 4) is 11.5 Å². The minimum atomic E-state index is -0.218. The Morgan fingerprint density at radius 3 is 1.97 bits per heavy atom. The molecule has 2 rings (SSSR count). The van der Waals surface area contributed by atoms with E-state index in [2.05, 4.69) is 60.6 Å². The SMILES string of the molecule is CCCCC(CC(=O)Oc1ccccc1)c1cc(C(C)(C)C)c(O)c(C(C)(C)C)c1. The van der Waals surface area contributed by atoms with Crippen LogP contribution in [0.25, 0.3) is 0 Å². The normalized spacial score (nSPS) is 13.2. The Bertz CT molecular complexity index is 804. The molecule has 0 spiro atoms. The van der Waals surface area contributed by atoms with Gasteiger partial charge in [-0.1, -0.05) is 91.6 Å². The van der Waals surface area contributed by atoms with Gasteiger partial charge in [0, 0.05) is 0 Å².